The summed E-state index contributed by atoms with van der Waals surface area (Å²) >= 11 is -1.27. The van der Waals surface area contributed by atoms with Crippen molar-refractivity contribution in [2.24, 2.45) is 0 Å². The Bertz CT molecular complexity index is 1900. The summed E-state index contributed by atoms with van der Waals surface area (Å²) in [4.78, 5) is 1.67. The Morgan fingerprint density at radius 1 is 0.415 bits per heavy atom. The summed E-state index contributed by atoms with van der Waals surface area (Å²) < 4.78 is 13.8. The molecule has 1 spiro atoms. The largest absolute Gasteiger partial charge is 0.606 e. The van der Waals surface area contributed by atoms with Gasteiger partial charge in [-0.05, 0) is 98.8 Å². The van der Waals surface area contributed by atoms with E-state index in [1.165, 1.54) is 55.6 Å². The van der Waals surface area contributed by atoms with Crippen molar-refractivity contribution in [3.05, 3.63) is 179 Å². The summed E-state index contributed by atoms with van der Waals surface area (Å²) in [6, 6.07) is 51.8. The van der Waals surface area contributed by atoms with E-state index in [0.29, 0.717) is 0 Å². The molecule has 41 heavy (non-hydrogen) atoms. The molecular weight excluding hydrogens is 516 g/mol. The fourth-order valence-electron chi connectivity index (χ4n) is 7.05. The van der Waals surface area contributed by atoms with E-state index >= 15 is 0 Å². The normalized spacial score (nSPS) is 16.6. The Balaban J connectivity index is 1.35. The Hall–Kier alpha value is -4.37. The van der Waals surface area contributed by atoms with Crippen molar-refractivity contribution in [2.45, 2.75) is 28.0 Å². The molecule has 6 aromatic carbocycles. The molecule has 0 radical (unpaired) electrons. The van der Waals surface area contributed by atoms with E-state index in [0.717, 1.165) is 22.6 Å². The third-order valence-electron chi connectivity index (χ3n) is 8.84. The lowest BCUT2D eigenvalue weighted by Gasteiger charge is -2.31. The molecule has 0 heterocycles. The van der Waals surface area contributed by atoms with Crippen LogP contribution in [0.2, 0.25) is 0 Å². The lowest BCUT2D eigenvalue weighted by molar-refractivity contribution is 0.594. The van der Waals surface area contributed by atoms with Gasteiger partial charge in [-0.3, -0.25) is 0 Å². The van der Waals surface area contributed by atoms with Gasteiger partial charge in [0.2, 0.25) is 0 Å². The van der Waals surface area contributed by atoms with Gasteiger partial charge in [0.05, 0.1) is 5.41 Å². The highest BCUT2D eigenvalue weighted by Crippen LogP contribution is 2.63. The molecule has 2 aliphatic carbocycles. The molecule has 196 valence electrons. The zero-order valence-corrected chi connectivity index (χ0v) is 23.4. The van der Waals surface area contributed by atoms with Gasteiger partial charge in [0.15, 0.2) is 9.79 Å². The topological polar surface area (TPSA) is 23.1 Å². The number of hydrogen-bond donors (Lipinski definition) is 0. The summed E-state index contributed by atoms with van der Waals surface area (Å²) in [6.07, 6.45) is 1.99. The first-order valence-electron chi connectivity index (χ1n) is 14.2. The highest BCUT2D eigenvalue weighted by molar-refractivity contribution is 7.91. The summed E-state index contributed by atoms with van der Waals surface area (Å²) in [7, 11) is 0. The van der Waals surface area contributed by atoms with Crippen LogP contribution in [0.25, 0.3) is 22.3 Å². The Kier molecular flexibility index (Phi) is 5.73. The molecule has 0 fully saturated rings. The first-order chi connectivity index (χ1) is 20.2. The van der Waals surface area contributed by atoms with E-state index in [-0.39, 0.29) is 0 Å². The number of benzene rings is 6. The molecule has 2 heteroatoms. The van der Waals surface area contributed by atoms with Crippen molar-refractivity contribution < 1.29 is 4.55 Å². The summed E-state index contributed by atoms with van der Waals surface area (Å²) in [6.45, 7) is 0. The molecule has 0 N–H and O–H groups in total. The third-order valence-corrected chi connectivity index (χ3v) is 10.2. The molecule has 2 aliphatic rings. The second-order valence-corrected chi connectivity index (χ2v) is 12.5. The Morgan fingerprint density at radius 3 is 1.61 bits per heavy atom. The van der Waals surface area contributed by atoms with Gasteiger partial charge in [-0.15, -0.1) is 0 Å². The van der Waals surface area contributed by atoms with Gasteiger partial charge in [-0.1, -0.05) is 115 Å². The Morgan fingerprint density at radius 2 is 0.927 bits per heavy atom. The van der Waals surface area contributed by atoms with Crippen molar-refractivity contribution in [1.29, 1.82) is 0 Å². The van der Waals surface area contributed by atoms with Gasteiger partial charge in [0.25, 0.3) is 0 Å². The molecule has 6 aromatic rings. The molecule has 0 aromatic heterocycles. The van der Waals surface area contributed by atoms with Crippen LogP contribution in [0.5, 0.6) is 0 Å². The molecule has 8 rings (SSSR count). The van der Waals surface area contributed by atoms with E-state index < -0.39 is 16.6 Å². The van der Waals surface area contributed by atoms with Gasteiger partial charge in [-0.25, -0.2) is 0 Å². The fourth-order valence-corrected chi connectivity index (χ4v) is 8.14. The van der Waals surface area contributed by atoms with Crippen LogP contribution in [0.15, 0.2) is 155 Å². The highest BCUT2D eigenvalue weighted by atomic mass is 32.2. The predicted molar refractivity (Wildman–Crippen MR) is 168 cm³/mol. The third kappa shape index (κ3) is 3.68. The number of hydrogen-bond acceptors (Lipinski definition) is 1. The average Bonchev–Trinajstić information content (AvgIpc) is 3.51. The van der Waals surface area contributed by atoms with Gasteiger partial charge in [0, 0.05) is 11.2 Å². The molecule has 0 aliphatic heterocycles. The second kappa shape index (κ2) is 9.62. The monoisotopic (exact) mass is 544 g/mol. The molecule has 0 bridgehead atoms. The van der Waals surface area contributed by atoms with E-state index in [4.69, 9.17) is 0 Å². The smallest absolute Gasteiger partial charge is 0.158 e. The van der Waals surface area contributed by atoms with Crippen molar-refractivity contribution in [3.63, 3.8) is 0 Å². The summed E-state index contributed by atoms with van der Waals surface area (Å²) in [5.74, 6) is 0. The van der Waals surface area contributed by atoms with E-state index in [2.05, 4.69) is 115 Å². The molecular formula is C39H28OS. The quantitative estimate of drug-likeness (QED) is 0.198. The van der Waals surface area contributed by atoms with Gasteiger partial charge < -0.3 is 4.55 Å². The SMILES string of the molecule is [O-][S+](c1ccccc1)c1ccc2c(c1)C1(c3ccccc3-c3ccc(CCc4ccccc4)cc31)c1ccccc1-2. The first-order valence-corrected chi connectivity index (χ1v) is 15.4. The zero-order valence-electron chi connectivity index (χ0n) is 22.6. The fraction of sp³-hybridized carbons (Fsp3) is 0.0769. The average molecular weight is 545 g/mol. The maximum absolute atomic E-state index is 13.8. The minimum atomic E-state index is -1.27. The minimum absolute atomic E-state index is 0.447. The summed E-state index contributed by atoms with van der Waals surface area (Å²) in [5.41, 5.74) is 12.5. The number of rotatable bonds is 5. The van der Waals surface area contributed by atoms with E-state index in [9.17, 15) is 4.55 Å². The van der Waals surface area contributed by atoms with Crippen LogP contribution in [0.4, 0.5) is 0 Å². The zero-order chi connectivity index (χ0) is 27.4. The van der Waals surface area contributed by atoms with Crippen LogP contribution in [0.1, 0.15) is 33.4 Å². The van der Waals surface area contributed by atoms with Gasteiger partial charge in [-0.2, -0.15) is 0 Å². The van der Waals surface area contributed by atoms with E-state index in [1.807, 2.05) is 30.3 Å². The number of fused-ring (bicyclic) bond motifs is 10. The Labute approximate surface area is 244 Å². The van der Waals surface area contributed by atoms with Crippen LogP contribution in [0, 0.1) is 0 Å². The molecule has 0 amide bonds. The van der Waals surface area contributed by atoms with Crippen LogP contribution < -0.4 is 0 Å². The lowest BCUT2D eigenvalue weighted by atomic mass is 9.70. The van der Waals surface area contributed by atoms with Crippen LogP contribution >= 0.6 is 0 Å². The van der Waals surface area contributed by atoms with E-state index in [1.54, 1.807) is 0 Å². The van der Waals surface area contributed by atoms with Gasteiger partial charge in [0.1, 0.15) is 0 Å². The maximum atomic E-state index is 13.8. The summed E-state index contributed by atoms with van der Waals surface area (Å²) in [5, 5.41) is 0. The molecule has 1 nitrogen and oxygen atoms in total. The molecule has 2 unspecified atom stereocenters. The number of aryl methyl sites for hydroxylation is 2. The first kappa shape index (κ1) is 24.4. The molecule has 0 saturated carbocycles. The molecule has 2 atom stereocenters. The minimum Gasteiger partial charge on any atom is -0.606 e. The molecule has 0 saturated heterocycles. The lowest BCUT2D eigenvalue weighted by Crippen LogP contribution is -2.26. The van der Waals surface area contributed by atoms with Crippen molar-refractivity contribution >= 4 is 11.2 Å². The highest BCUT2D eigenvalue weighted by Gasteiger charge is 2.52. The second-order valence-electron chi connectivity index (χ2n) is 11.0. The van der Waals surface area contributed by atoms with Crippen molar-refractivity contribution in [2.75, 3.05) is 0 Å². The maximum Gasteiger partial charge on any atom is 0.158 e. The van der Waals surface area contributed by atoms with Crippen molar-refractivity contribution in [3.8, 4) is 22.3 Å². The van der Waals surface area contributed by atoms with Gasteiger partial charge >= 0.3 is 0 Å². The van der Waals surface area contributed by atoms with Crippen LogP contribution in [-0.4, -0.2) is 4.55 Å². The van der Waals surface area contributed by atoms with Crippen molar-refractivity contribution in [1.82, 2.24) is 0 Å². The van der Waals surface area contributed by atoms with Crippen LogP contribution in [-0.2, 0) is 29.4 Å². The standard InChI is InChI=1S/C39H28OS/c40-41(29-13-5-2-6-14-29)30-22-24-34-32-16-8-10-18-36(32)39(38(34)26-30)35-17-9-7-15-31(35)33-23-21-28(25-37(33)39)20-19-27-11-3-1-4-12-27/h1-18,21-26H,19-20H2. The van der Waals surface area contributed by atoms with Crippen LogP contribution in [0.3, 0.4) is 0 Å². The predicted octanol–water partition coefficient (Wildman–Crippen LogP) is 8.98.